The molecule has 2 aromatic carbocycles. The summed E-state index contributed by atoms with van der Waals surface area (Å²) < 4.78 is 28.0. The van der Waals surface area contributed by atoms with Crippen LogP contribution >= 0.6 is 0 Å². The number of benzene rings is 2. The van der Waals surface area contributed by atoms with Gasteiger partial charge in [0.25, 0.3) is 0 Å². The van der Waals surface area contributed by atoms with Crippen LogP contribution in [0.4, 0.5) is 14.5 Å². The first kappa shape index (κ1) is 12.8. The summed E-state index contributed by atoms with van der Waals surface area (Å²) in [5.41, 5.74) is 6.89. The van der Waals surface area contributed by atoms with Crippen LogP contribution in [0.25, 0.3) is 10.8 Å². The predicted molar refractivity (Wildman–Crippen MR) is 71.7 cm³/mol. The number of halogens is 2. The first-order chi connectivity index (χ1) is 8.47. The largest absolute Gasteiger partial charge is 0.396 e. The summed E-state index contributed by atoms with van der Waals surface area (Å²) in [5, 5.41) is 1.48. The van der Waals surface area contributed by atoms with E-state index in [4.69, 9.17) is 5.73 Å². The van der Waals surface area contributed by atoms with Crippen LogP contribution in [0.1, 0.15) is 37.8 Å². The molecule has 0 bridgehead atoms. The van der Waals surface area contributed by atoms with Gasteiger partial charge in [0.05, 0.1) is 5.69 Å². The van der Waals surface area contributed by atoms with E-state index in [1.807, 2.05) is 20.8 Å². The molecule has 0 aromatic heterocycles. The van der Waals surface area contributed by atoms with E-state index in [-0.39, 0.29) is 17.4 Å². The smallest absolute Gasteiger partial charge is 0.150 e. The Morgan fingerprint density at radius 1 is 1.22 bits per heavy atom. The van der Waals surface area contributed by atoms with Gasteiger partial charge >= 0.3 is 0 Å². The van der Waals surface area contributed by atoms with E-state index < -0.39 is 5.82 Å². The number of aryl methyl sites for hydroxylation is 1. The zero-order valence-corrected chi connectivity index (χ0v) is 10.8. The van der Waals surface area contributed by atoms with Crippen LogP contribution in [0, 0.1) is 11.6 Å². The lowest BCUT2D eigenvalue weighted by atomic mass is 9.90. The number of fused-ring (bicyclic) bond motifs is 1. The summed E-state index contributed by atoms with van der Waals surface area (Å²) in [4.78, 5) is 0. The van der Waals surface area contributed by atoms with Gasteiger partial charge in [-0.1, -0.05) is 26.8 Å². The summed E-state index contributed by atoms with van der Waals surface area (Å²) in [6.07, 6.45) is 0.534. The number of rotatable bonds is 2. The standard InChI is InChI=1S/C15H17F2N/c1-4-10-11(16)6-5-9-7-12(18)15(17)13(8(2)3)14(9)10/h5-8H,4,18H2,1-3H3. The van der Waals surface area contributed by atoms with Gasteiger partial charge in [0.1, 0.15) is 11.6 Å². The molecular formula is C15H17F2N. The molecule has 0 heterocycles. The van der Waals surface area contributed by atoms with Crippen LogP contribution < -0.4 is 5.73 Å². The van der Waals surface area contributed by atoms with E-state index in [9.17, 15) is 8.78 Å². The third-order valence-electron chi connectivity index (χ3n) is 3.29. The van der Waals surface area contributed by atoms with Crippen molar-refractivity contribution in [2.75, 3.05) is 5.73 Å². The fraction of sp³-hybridized carbons (Fsp3) is 0.333. The highest BCUT2D eigenvalue weighted by molar-refractivity contribution is 5.92. The van der Waals surface area contributed by atoms with E-state index in [2.05, 4.69) is 0 Å². The van der Waals surface area contributed by atoms with Crippen molar-refractivity contribution >= 4 is 16.5 Å². The maximum absolute atomic E-state index is 14.2. The minimum atomic E-state index is -0.419. The van der Waals surface area contributed by atoms with Crippen molar-refractivity contribution in [1.82, 2.24) is 0 Å². The first-order valence-electron chi connectivity index (χ1n) is 6.16. The van der Waals surface area contributed by atoms with Crippen molar-refractivity contribution < 1.29 is 8.78 Å². The molecule has 0 radical (unpaired) electrons. The molecule has 0 aliphatic rings. The molecule has 0 spiro atoms. The van der Waals surface area contributed by atoms with Gasteiger partial charge in [-0.25, -0.2) is 8.78 Å². The van der Waals surface area contributed by atoms with E-state index in [1.165, 1.54) is 6.07 Å². The molecule has 0 saturated carbocycles. The Balaban J connectivity index is 3.00. The van der Waals surface area contributed by atoms with Gasteiger partial charge in [0.15, 0.2) is 0 Å². The Labute approximate surface area is 106 Å². The molecular weight excluding hydrogens is 232 g/mol. The second-order valence-corrected chi connectivity index (χ2v) is 4.83. The first-order valence-corrected chi connectivity index (χ1v) is 6.16. The van der Waals surface area contributed by atoms with Crippen LogP contribution in [0.3, 0.4) is 0 Å². The average molecular weight is 249 g/mol. The lowest BCUT2D eigenvalue weighted by molar-refractivity contribution is 0.602. The highest BCUT2D eigenvalue weighted by Crippen LogP contribution is 2.35. The molecule has 96 valence electrons. The van der Waals surface area contributed by atoms with Gasteiger partial charge in [0, 0.05) is 5.56 Å². The van der Waals surface area contributed by atoms with Crippen LogP contribution in [0.2, 0.25) is 0 Å². The van der Waals surface area contributed by atoms with E-state index >= 15 is 0 Å². The normalized spacial score (nSPS) is 11.4. The van der Waals surface area contributed by atoms with Crippen molar-refractivity contribution in [2.24, 2.45) is 0 Å². The monoisotopic (exact) mass is 249 g/mol. The molecule has 0 aliphatic heterocycles. The minimum absolute atomic E-state index is 0.0388. The Morgan fingerprint density at radius 2 is 1.89 bits per heavy atom. The molecule has 3 heteroatoms. The third-order valence-corrected chi connectivity index (χ3v) is 3.29. The van der Waals surface area contributed by atoms with Gasteiger partial charge in [-0.3, -0.25) is 0 Å². The molecule has 0 aliphatic carbocycles. The van der Waals surface area contributed by atoms with E-state index in [0.29, 0.717) is 22.9 Å². The maximum atomic E-state index is 14.2. The van der Waals surface area contributed by atoms with Gasteiger partial charge in [-0.2, -0.15) is 0 Å². The van der Waals surface area contributed by atoms with Crippen molar-refractivity contribution in [3.8, 4) is 0 Å². The fourth-order valence-electron chi connectivity index (χ4n) is 2.46. The van der Waals surface area contributed by atoms with Gasteiger partial charge in [-0.05, 0) is 40.8 Å². The zero-order chi connectivity index (χ0) is 13.4. The highest BCUT2D eigenvalue weighted by atomic mass is 19.1. The van der Waals surface area contributed by atoms with Gasteiger partial charge < -0.3 is 5.73 Å². The van der Waals surface area contributed by atoms with Crippen molar-refractivity contribution in [3.63, 3.8) is 0 Å². The number of hydrogen-bond donors (Lipinski definition) is 1. The van der Waals surface area contributed by atoms with Crippen molar-refractivity contribution in [3.05, 3.63) is 41.0 Å². The minimum Gasteiger partial charge on any atom is -0.396 e. The Hall–Kier alpha value is -1.64. The molecule has 0 saturated heterocycles. The predicted octanol–water partition coefficient (Wildman–Crippen LogP) is 4.39. The number of hydrogen-bond acceptors (Lipinski definition) is 1. The summed E-state index contributed by atoms with van der Waals surface area (Å²) >= 11 is 0. The second-order valence-electron chi connectivity index (χ2n) is 4.83. The van der Waals surface area contributed by atoms with Gasteiger partial charge in [-0.15, -0.1) is 0 Å². The SMILES string of the molecule is CCc1c(F)ccc2cc(N)c(F)c(C(C)C)c12. The highest BCUT2D eigenvalue weighted by Gasteiger charge is 2.18. The molecule has 0 unspecified atom stereocenters. The Bertz CT molecular complexity index is 603. The van der Waals surface area contributed by atoms with Crippen molar-refractivity contribution in [2.45, 2.75) is 33.1 Å². The van der Waals surface area contributed by atoms with E-state index in [0.717, 1.165) is 5.39 Å². The zero-order valence-electron chi connectivity index (χ0n) is 10.8. The fourth-order valence-corrected chi connectivity index (χ4v) is 2.46. The Morgan fingerprint density at radius 3 is 2.44 bits per heavy atom. The molecule has 0 atom stereocenters. The van der Waals surface area contributed by atoms with Crippen LogP contribution in [0.15, 0.2) is 18.2 Å². The summed E-state index contributed by atoms with van der Waals surface area (Å²) in [7, 11) is 0. The number of nitrogen functional groups attached to an aromatic ring is 1. The van der Waals surface area contributed by atoms with Crippen LogP contribution in [-0.4, -0.2) is 0 Å². The lowest BCUT2D eigenvalue weighted by Gasteiger charge is -2.16. The topological polar surface area (TPSA) is 26.0 Å². The van der Waals surface area contributed by atoms with Crippen molar-refractivity contribution in [1.29, 1.82) is 0 Å². The molecule has 0 fully saturated rings. The number of anilines is 1. The Kier molecular flexibility index (Phi) is 3.24. The summed E-state index contributed by atoms with van der Waals surface area (Å²) in [6, 6.07) is 4.66. The summed E-state index contributed by atoms with van der Waals surface area (Å²) in [5.74, 6) is -0.739. The van der Waals surface area contributed by atoms with Gasteiger partial charge in [0.2, 0.25) is 0 Å². The summed E-state index contributed by atoms with van der Waals surface area (Å²) in [6.45, 7) is 5.65. The molecule has 2 rings (SSSR count). The molecule has 0 amide bonds. The second kappa shape index (κ2) is 4.56. The average Bonchev–Trinajstić information content (AvgIpc) is 2.31. The quantitative estimate of drug-likeness (QED) is 0.785. The molecule has 18 heavy (non-hydrogen) atoms. The maximum Gasteiger partial charge on any atom is 0.150 e. The van der Waals surface area contributed by atoms with E-state index in [1.54, 1.807) is 12.1 Å². The molecule has 2 N–H and O–H groups in total. The molecule has 1 nitrogen and oxygen atoms in total. The number of nitrogens with two attached hydrogens (primary N) is 1. The van der Waals surface area contributed by atoms with Crippen LogP contribution in [-0.2, 0) is 6.42 Å². The lowest BCUT2D eigenvalue weighted by Crippen LogP contribution is -2.03. The molecule has 2 aromatic rings. The van der Waals surface area contributed by atoms with Crippen LogP contribution in [0.5, 0.6) is 0 Å². The third kappa shape index (κ3) is 1.84.